The van der Waals surface area contributed by atoms with Crippen LogP contribution in [0.25, 0.3) is 0 Å². The Balaban J connectivity index is 1.89. The summed E-state index contributed by atoms with van der Waals surface area (Å²) in [5, 5.41) is 2.80. The van der Waals surface area contributed by atoms with Crippen LogP contribution in [-0.2, 0) is 14.8 Å². The van der Waals surface area contributed by atoms with Crippen LogP contribution in [0.3, 0.4) is 0 Å². The van der Waals surface area contributed by atoms with Gasteiger partial charge in [0.15, 0.2) is 0 Å². The Kier molecular flexibility index (Phi) is 6.95. The zero-order chi connectivity index (χ0) is 23.3. The average molecular weight is 453 g/mol. The molecule has 0 aromatic heterocycles. The first-order chi connectivity index (χ1) is 15.3. The number of carbonyl (C=O) groups excluding carboxylic acids is 2. The van der Waals surface area contributed by atoms with Gasteiger partial charge in [0.05, 0.1) is 28.3 Å². The molecule has 166 valence electrons. The minimum Gasteiger partial charge on any atom is -0.462 e. The number of aryl methyl sites for hydroxylation is 1. The molecule has 0 saturated carbocycles. The lowest BCUT2D eigenvalue weighted by Crippen LogP contribution is -2.29. The number of sulfonamides is 1. The van der Waals surface area contributed by atoms with Crippen molar-refractivity contribution < 1.29 is 22.7 Å². The Morgan fingerprint density at radius 3 is 2.28 bits per heavy atom. The van der Waals surface area contributed by atoms with Gasteiger partial charge >= 0.3 is 5.97 Å². The van der Waals surface area contributed by atoms with E-state index in [1.165, 1.54) is 19.2 Å². The molecule has 0 aliphatic carbocycles. The van der Waals surface area contributed by atoms with Gasteiger partial charge in [-0.1, -0.05) is 30.3 Å². The first kappa shape index (κ1) is 23.0. The van der Waals surface area contributed by atoms with Crippen LogP contribution in [0.4, 0.5) is 11.4 Å². The summed E-state index contributed by atoms with van der Waals surface area (Å²) in [6.45, 7) is 3.76. The molecule has 0 atom stereocenters. The molecule has 1 N–H and O–H groups in total. The smallest absolute Gasteiger partial charge is 0.338 e. The molecule has 8 heteroatoms. The van der Waals surface area contributed by atoms with Crippen molar-refractivity contribution in [3.63, 3.8) is 0 Å². The predicted molar refractivity (Wildman–Crippen MR) is 124 cm³/mol. The molecule has 0 saturated heterocycles. The molecular formula is C24H24N2O5S. The van der Waals surface area contributed by atoms with E-state index in [0.29, 0.717) is 16.8 Å². The summed E-state index contributed by atoms with van der Waals surface area (Å²) in [7, 11) is -2.44. The van der Waals surface area contributed by atoms with Crippen LogP contribution in [-0.4, -0.2) is 33.9 Å². The minimum absolute atomic E-state index is 0.128. The van der Waals surface area contributed by atoms with Gasteiger partial charge in [0.25, 0.3) is 15.9 Å². The van der Waals surface area contributed by atoms with Crippen molar-refractivity contribution in [1.29, 1.82) is 0 Å². The summed E-state index contributed by atoms with van der Waals surface area (Å²) < 4.78 is 32.1. The molecule has 0 heterocycles. The quantitative estimate of drug-likeness (QED) is 0.541. The Morgan fingerprint density at radius 2 is 1.62 bits per heavy atom. The number of ether oxygens (including phenoxy) is 1. The molecule has 0 spiro atoms. The fourth-order valence-corrected chi connectivity index (χ4v) is 4.39. The SMILES string of the molecule is CCOC(=O)c1ccc(NC(=O)c2ccccc2N(C)S(=O)(=O)c2ccccc2)c(C)c1. The number of anilines is 2. The third-order valence-electron chi connectivity index (χ3n) is 4.88. The van der Waals surface area contributed by atoms with E-state index in [1.54, 1.807) is 74.5 Å². The molecule has 3 aromatic carbocycles. The highest BCUT2D eigenvalue weighted by Gasteiger charge is 2.25. The van der Waals surface area contributed by atoms with Gasteiger partial charge in [-0.05, 0) is 61.9 Å². The molecule has 0 aliphatic rings. The molecule has 0 fully saturated rings. The van der Waals surface area contributed by atoms with E-state index < -0.39 is 21.9 Å². The number of esters is 1. The van der Waals surface area contributed by atoms with Crippen LogP contribution in [0.2, 0.25) is 0 Å². The maximum atomic E-state index is 13.1. The molecule has 3 aromatic rings. The lowest BCUT2D eigenvalue weighted by molar-refractivity contribution is 0.0526. The van der Waals surface area contributed by atoms with E-state index >= 15 is 0 Å². The standard InChI is InChI=1S/C24H24N2O5S/c1-4-31-24(28)18-14-15-21(17(2)16-18)25-23(27)20-12-8-9-13-22(20)26(3)32(29,30)19-10-6-5-7-11-19/h5-16H,4H2,1-3H3,(H,25,27). The molecule has 0 radical (unpaired) electrons. The molecule has 0 bridgehead atoms. The first-order valence-electron chi connectivity index (χ1n) is 9.98. The van der Waals surface area contributed by atoms with E-state index in [9.17, 15) is 18.0 Å². The third-order valence-corrected chi connectivity index (χ3v) is 6.66. The molecule has 1 amide bonds. The highest BCUT2D eigenvalue weighted by molar-refractivity contribution is 7.92. The van der Waals surface area contributed by atoms with Crippen molar-refractivity contribution >= 4 is 33.3 Å². The normalized spacial score (nSPS) is 11.0. The lowest BCUT2D eigenvalue weighted by atomic mass is 10.1. The lowest BCUT2D eigenvalue weighted by Gasteiger charge is -2.22. The Hall–Kier alpha value is -3.65. The second-order valence-electron chi connectivity index (χ2n) is 7.01. The van der Waals surface area contributed by atoms with Gasteiger partial charge < -0.3 is 10.1 Å². The topological polar surface area (TPSA) is 92.8 Å². The zero-order valence-electron chi connectivity index (χ0n) is 18.0. The molecule has 0 aliphatic heterocycles. The third kappa shape index (κ3) is 4.81. The summed E-state index contributed by atoms with van der Waals surface area (Å²) in [4.78, 5) is 25.1. The average Bonchev–Trinajstić information content (AvgIpc) is 2.80. The summed E-state index contributed by atoms with van der Waals surface area (Å²) in [6, 6.07) is 19.3. The number of amides is 1. The number of nitrogens with zero attached hydrogens (tertiary/aromatic N) is 1. The fourth-order valence-electron chi connectivity index (χ4n) is 3.16. The summed E-state index contributed by atoms with van der Waals surface area (Å²) in [5.74, 6) is -0.908. The summed E-state index contributed by atoms with van der Waals surface area (Å²) >= 11 is 0. The molecule has 3 rings (SSSR count). The van der Waals surface area contributed by atoms with Gasteiger partial charge in [-0.15, -0.1) is 0 Å². The fraction of sp³-hybridized carbons (Fsp3) is 0.167. The first-order valence-corrected chi connectivity index (χ1v) is 11.4. The van der Waals surface area contributed by atoms with Gasteiger partial charge in [-0.25, -0.2) is 13.2 Å². The number of nitrogens with one attached hydrogen (secondary N) is 1. The minimum atomic E-state index is -3.85. The van der Waals surface area contributed by atoms with E-state index in [0.717, 1.165) is 4.31 Å². The number of para-hydroxylation sites is 1. The van der Waals surface area contributed by atoms with Crippen LogP contribution in [0, 0.1) is 6.92 Å². The van der Waals surface area contributed by atoms with Crippen LogP contribution in [0.15, 0.2) is 77.7 Å². The maximum absolute atomic E-state index is 13.1. The van der Waals surface area contributed by atoms with E-state index in [-0.39, 0.29) is 22.8 Å². The van der Waals surface area contributed by atoms with Crippen molar-refractivity contribution in [2.45, 2.75) is 18.7 Å². The van der Waals surface area contributed by atoms with Crippen molar-refractivity contribution in [2.24, 2.45) is 0 Å². The highest BCUT2D eigenvalue weighted by Crippen LogP contribution is 2.27. The zero-order valence-corrected chi connectivity index (χ0v) is 18.8. The Bertz CT molecular complexity index is 1240. The van der Waals surface area contributed by atoms with Gasteiger partial charge in [0, 0.05) is 12.7 Å². The van der Waals surface area contributed by atoms with Crippen LogP contribution in [0.1, 0.15) is 33.2 Å². The summed E-state index contributed by atoms with van der Waals surface area (Å²) in [5.41, 5.74) is 2.01. The van der Waals surface area contributed by atoms with Gasteiger partial charge in [-0.2, -0.15) is 0 Å². The van der Waals surface area contributed by atoms with Crippen molar-refractivity contribution in [2.75, 3.05) is 23.3 Å². The number of benzene rings is 3. The van der Waals surface area contributed by atoms with Crippen LogP contribution < -0.4 is 9.62 Å². The summed E-state index contributed by atoms with van der Waals surface area (Å²) in [6.07, 6.45) is 0. The highest BCUT2D eigenvalue weighted by atomic mass is 32.2. The van der Waals surface area contributed by atoms with E-state index in [2.05, 4.69) is 5.32 Å². The van der Waals surface area contributed by atoms with Crippen LogP contribution >= 0.6 is 0 Å². The molecule has 0 unspecified atom stereocenters. The van der Waals surface area contributed by atoms with Crippen LogP contribution in [0.5, 0.6) is 0 Å². The molecular weight excluding hydrogens is 428 g/mol. The second kappa shape index (κ2) is 9.65. The van der Waals surface area contributed by atoms with Gasteiger partial charge in [0.2, 0.25) is 0 Å². The number of hydrogen-bond donors (Lipinski definition) is 1. The van der Waals surface area contributed by atoms with Crippen molar-refractivity contribution in [3.05, 3.63) is 89.5 Å². The predicted octanol–water partition coefficient (Wildman–Crippen LogP) is 4.25. The number of hydrogen-bond acceptors (Lipinski definition) is 5. The Labute approximate surface area is 187 Å². The van der Waals surface area contributed by atoms with Gasteiger partial charge in [-0.3, -0.25) is 9.10 Å². The second-order valence-corrected chi connectivity index (χ2v) is 8.98. The largest absolute Gasteiger partial charge is 0.462 e. The molecule has 32 heavy (non-hydrogen) atoms. The molecule has 7 nitrogen and oxygen atoms in total. The number of carbonyl (C=O) groups is 2. The maximum Gasteiger partial charge on any atom is 0.338 e. The van der Waals surface area contributed by atoms with Crippen molar-refractivity contribution in [3.8, 4) is 0 Å². The Morgan fingerprint density at radius 1 is 0.969 bits per heavy atom. The van der Waals surface area contributed by atoms with E-state index in [1.807, 2.05) is 0 Å². The van der Waals surface area contributed by atoms with Crippen molar-refractivity contribution in [1.82, 2.24) is 0 Å². The monoisotopic (exact) mass is 452 g/mol. The van der Waals surface area contributed by atoms with E-state index in [4.69, 9.17) is 4.74 Å². The van der Waals surface area contributed by atoms with Gasteiger partial charge in [0.1, 0.15) is 0 Å². The number of rotatable bonds is 7.